The topological polar surface area (TPSA) is 91.1 Å². The maximum Gasteiger partial charge on any atom is 0.320 e. The van der Waals surface area contributed by atoms with Gasteiger partial charge in [0.05, 0.1) is 25.7 Å². The number of alkyl halides is 1. The third-order valence-electron chi connectivity index (χ3n) is 4.72. The van der Waals surface area contributed by atoms with Crippen LogP contribution in [0.4, 0.5) is 5.69 Å². The van der Waals surface area contributed by atoms with E-state index in [1.807, 2.05) is 43.9 Å². The number of carbonyl (C=O) groups is 1. The van der Waals surface area contributed by atoms with Gasteiger partial charge in [0, 0.05) is 41.7 Å². The van der Waals surface area contributed by atoms with Crippen molar-refractivity contribution in [2.45, 2.75) is 44.2 Å². The fraction of sp³-hybridized carbons (Fsp3) is 0.458. The van der Waals surface area contributed by atoms with Crippen LogP contribution in [-0.2, 0) is 22.5 Å². The molecule has 0 fully saturated rings. The number of ether oxygens (including phenoxy) is 3. The van der Waals surface area contributed by atoms with Crippen LogP contribution in [0.25, 0.3) is 0 Å². The van der Waals surface area contributed by atoms with Crippen molar-refractivity contribution < 1.29 is 23.9 Å². The van der Waals surface area contributed by atoms with Gasteiger partial charge in [-0.2, -0.15) is 0 Å². The summed E-state index contributed by atoms with van der Waals surface area (Å²) in [5.74, 6) is 1.04. The van der Waals surface area contributed by atoms with Crippen molar-refractivity contribution >= 4 is 27.6 Å². The Morgan fingerprint density at radius 3 is 2.33 bits per heavy atom. The Morgan fingerprint density at radius 2 is 1.79 bits per heavy atom. The van der Waals surface area contributed by atoms with E-state index in [1.54, 1.807) is 26.4 Å². The Bertz CT molecular complexity index is 943. The van der Waals surface area contributed by atoms with Crippen molar-refractivity contribution in [3.8, 4) is 11.5 Å². The van der Waals surface area contributed by atoms with E-state index < -0.39 is 10.5 Å². The average Bonchev–Trinajstić information content (AvgIpc) is 2.72. The molecule has 180 valence electrons. The summed E-state index contributed by atoms with van der Waals surface area (Å²) in [5, 5.41) is 10.9. The zero-order chi connectivity index (χ0) is 24.6. The largest absolute Gasteiger partial charge is 0.497 e. The third-order valence-corrected chi connectivity index (χ3v) is 5.33. The molecule has 9 heteroatoms. The molecular weight excluding hydrogens is 492 g/mol. The summed E-state index contributed by atoms with van der Waals surface area (Å²) in [5.41, 5.74) is 1.36. The van der Waals surface area contributed by atoms with Gasteiger partial charge in [-0.25, -0.2) is 0 Å². The van der Waals surface area contributed by atoms with E-state index in [0.29, 0.717) is 31.0 Å². The first kappa shape index (κ1) is 26.6. The maximum atomic E-state index is 12.6. The van der Waals surface area contributed by atoms with E-state index in [1.165, 1.54) is 12.1 Å². The fourth-order valence-corrected chi connectivity index (χ4v) is 4.10. The van der Waals surface area contributed by atoms with E-state index in [2.05, 4.69) is 15.9 Å². The van der Waals surface area contributed by atoms with Crippen molar-refractivity contribution in [1.29, 1.82) is 0 Å². The molecule has 0 heterocycles. The Labute approximate surface area is 203 Å². The molecule has 0 unspecified atom stereocenters. The lowest BCUT2D eigenvalue weighted by Gasteiger charge is -2.27. The molecular formula is C24H31BrN2O6. The predicted molar refractivity (Wildman–Crippen MR) is 130 cm³/mol. The van der Waals surface area contributed by atoms with E-state index in [-0.39, 0.29) is 23.0 Å². The predicted octanol–water partition coefficient (Wildman–Crippen LogP) is 4.76. The lowest BCUT2D eigenvalue weighted by Crippen LogP contribution is -2.38. The van der Waals surface area contributed by atoms with Crippen LogP contribution in [0, 0.1) is 10.1 Å². The van der Waals surface area contributed by atoms with Gasteiger partial charge in [-0.15, -0.1) is 0 Å². The van der Waals surface area contributed by atoms with E-state index in [0.717, 1.165) is 11.1 Å². The number of non-ortho nitro benzene ring substituents is 1. The van der Waals surface area contributed by atoms with Crippen molar-refractivity contribution in [2.24, 2.45) is 0 Å². The highest BCUT2D eigenvalue weighted by Crippen LogP contribution is 2.26. The molecule has 0 aromatic heterocycles. The number of methoxy groups -OCH3 is 2. The van der Waals surface area contributed by atoms with Crippen LogP contribution in [0.5, 0.6) is 11.5 Å². The Balaban J connectivity index is 2.16. The summed E-state index contributed by atoms with van der Waals surface area (Å²) < 4.78 is 16.3. The summed E-state index contributed by atoms with van der Waals surface area (Å²) >= 11 is 3.71. The summed E-state index contributed by atoms with van der Waals surface area (Å²) in [4.78, 5) is 25.0. The minimum Gasteiger partial charge on any atom is -0.497 e. The van der Waals surface area contributed by atoms with Crippen molar-refractivity contribution in [2.75, 3.05) is 27.3 Å². The molecule has 0 aliphatic heterocycles. The second-order valence-electron chi connectivity index (χ2n) is 8.66. The molecule has 33 heavy (non-hydrogen) atoms. The number of nitro groups is 1. The van der Waals surface area contributed by atoms with Crippen LogP contribution < -0.4 is 9.47 Å². The fourth-order valence-electron chi connectivity index (χ4n) is 3.32. The first-order valence-corrected chi connectivity index (χ1v) is 11.4. The monoisotopic (exact) mass is 522 g/mol. The minimum atomic E-state index is -0.576. The molecule has 0 spiro atoms. The molecule has 2 aromatic rings. The number of nitro benzene ring substituents is 1. The van der Waals surface area contributed by atoms with Gasteiger partial charge in [-0.05, 0) is 38.8 Å². The Kier molecular flexibility index (Phi) is 9.67. The SMILES string of the molecule is COc1ccc(CN(CC(=O)OC(C)(C)C)C[C@H](Br)Cc2ccc([N+](=O)[O-])cc2)c(OC)c1. The summed E-state index contributed by atoms with van der Waals surface area (Å²) in [6.07, 6.45) is 0.641. The van der Waals surface area contributed by atoms with Crippen molar-refractivity contribution in [1.82, 2.24) is 4.90 Å². The van der Waals surface area contributed by atoms with Crippen LogP contribution in [-0.4, -0.2) is 53.5 Å². The molecule has 0 aliphatic rings. The molecule has 0 bridgehead atoms. The molecule has 2 aromatic carbocycles. The summed E-state index contributed by atoms with van der Waals surface area (Å²) in [7, 11) is 3.19. The highest BCUT2D eigenvalue weighted by molar-refractivity contribution is 9.09. The van der Waals surface area contributed by atoms with Gasteiger partial charge in [-0.3, -0.25) is 19.8 Å². The number of nitrogens with zero attached hydrogens (tertiary/aromatic N) is 2. The lowest BCUT2D eigenvalue weighted by molar-refractivity contribution is -0.384. The van der Waals surface area contributed by atoms with Crippen molar-refractivity contribution in [3.63, 3.8) is 0 Å². The number of benzene rings is 2. The number of rotatable bonds is 11. The number of carbonyl (C=O) groups excluding carboxylic acids is 1. The second kappa shape index (κ2) is 12.0. The van der Waals surface area contributed by atoms with Gasteiger partial charge in [0.25, 0.3) is 5.69 Å². The van der Waals surface area contributed by atoms with Gasteiger partial charge in [0.1, 0.15) is 17.1 Å². The van der Waals surface area contributed by atoms with Crippen LogP contribution in [0.2, 0.25) is 0 Å². The standard InChI is InChI=1S/C24H31BrN2O6/c1-24(2,3)33-23(28)16-26(14-18-8-11-21(31-4)13-22(18)32-5)15-19(25)12-17-6-9-20(10-7-17)27(29)30/h6-11,13,19H,12,14-16H2,1-5H3/t19-/m1/s1. The first-order valence-electron chi connectivity index (χ1n) is 10.5. The Hall–Kier alpha value is -2.65. The third kappa shape index (κ3) is 9.01. The van der Waals surface area contributed by atoms with Crippen molar-refractivity contribution in [3.05, 3.63) is 63.7 Å². The van der Waals surface area contributed by atoms with E-state index in [4.69, 9.17) is 14.2 Å². The molecule has 2 rings (SSSR count). The van der Waals surface area contributed by atoms with Gasteiger partial charge < -0.3 is 14.2 Å². The smallest absolute Gasteiger partial charge is 0.320 e. The molecule has 8 nitrogen and oxygen atoms in total. The molecule has 0 N–H and O–H groups in total. The molecule has 1 atom stereocenters. The number of halogens is 1. The number of hydrogen-bond donors (Lipinski definition) is 0. The quantitative estimate of drug-likeness (QED) is 0.182. The number of hydrogen-bond acceptors (Lipinski definition) is 7. The van der Waals surface area contributed by atoms with E-state index in [9.17, 15) is 14.9 Å². The first-order chi connectivity index (χ1) is 15.5. The molecule has 0 saturated heterocycles. The normalized spacial score (nSPS) is 12.3. The zero-order valence-corrected chi connectivity index (χ0v) is 21.3. The van der Waals surface area contributed by atoms with Crippen LogP contribution in [0.1, 0.15) is 31.9 Å². The van der Waals surface area contributed by atoms with Gasteiger partial charge in [-0.1, -0.05) is 34.1 Å². The van der Waals surface area contributed by atoms with Crippen LogP contribution in [0.3, 0.4) is 0 Å². The zero-order valence-electron chi connectivity index (χ0n) is 19.7. The van der Waals surface area contributed by atoms with Crippen LogP contribution in [0.15, 0.2) is 42.5 Å². The Morgan fingerprint density at radius 1 is 1.12 bits per heavy atom. The maximum absolute atomic E-state index is 12.6. The average molecular weight is 523 g/mol. The summed E-state index contributed by atoms with van der Waals surface area (Å²) in [6.45, 7) is 6.63. The molecule has 0 amide bonds. The minimum absolute atomic E-state index is 0.00522. The van der Waals surface area contributed by atoms with Gasteiger partial charge in [0.2, 0.25) is 0 Å². The van der Waals surface area contributed by atoms with Gasteiger partial charge >= 0.3 is 5.97 Å². The molecule has 0 aliphatic carbocycles. The molecule has 0 saturated carbocycles. The summed E-state index contributed by atoms with van der Waals surface area (Å²) in [6, 6.07) is 12.1. The highest BCUT2D eigenvalue weighted by atomic mass is 79.9. The van der Waals surface area contributed by atoms with Crippen LogP contribution >= 0.6 is 15.9 Å². The van der Waals surface area contributed by atoms with Gasteiger partial charge in [0.15, 0.2) is 0 Å². The lowest BCUT2D eigenvalue weighted by atomic mass is 10.1. The number of esters is 1. The second-order valence-corrected chi connectivity index (χ2v) is 9.95. The highest BCUT2D eigenvalue weighted by Gasteiger charge is 2.22. The molecule has 0 radical (unpaired) electrons. The van der Waals surface area contributed by atoms with E-state index >= 15 is 0 Å².